The van der Waals surface area contributed by atoms with Gasteiger partial charge in [-0.15, -0.1) is 34.9 Å². The largest absolute Gasteiger partial charge is 3.00 e. The summed E-state index contributed by atoms with van der Waals surface area (Å²) >= 11 is 0. The summed E-state index contributed by atoms with van der Waals surface area (Å²) in [6, 6.07) is 10.1. The van der Waals surface area contributed by atoms with E-state index in [1.807, 2.05) is 0 Å². The minimum atomic E-state index is -0.613. The number of aromatic amines is 3. The molecule has 0 aliphatic rings. The van der Waals surface area contributed by atoms with E-state index in [1.165, 1.54) is 55.0 Å². The van der Waals surface area contributed by atoms with Gasteiger partial charge in [-0.05, 0) is 55.0 Å². The topological polar surface area (TPSA) is 86.0 Å². The van der Waals surface area contributed by atoms with Crippen LogP contribution in [0.1, 0.15) is 0 Å². The van der Waals surface area contributed by atoms with Gasteiger partial charge < -0.3 is 15.3 Å². The molecule has 6 rings (SSSR count). The molecule has 0 aliphatic carbocycles. The van der Waals surface area contributed by atoms with Gasteiger partial charge in [0.25, 0.3) is 0 Å². The molecule has 3 aromatic heterocycles. The van der Waals surface area contributed by atoms with Crippen LogP contribution in [0.4, 0.5) is 26.3 Å². The van der Waals surface area contributed by atoms with E-state index in [0.29, 0.717) is 16.7 Å². The van der Waals surface area contributed by atoms with Crippen molar-refractivity contribution < 1.29 is 46.4 Å². The molecule has 0 aliphatic heterocycles. The fourth-order valence-corrected chi connectivity index (χ4v) is 3.20. The Balaban J connectivity index is 0.000000163. The zero-order valence-electron chi connectivity index (χ0n) is 19.9. The van der Waals surface area contributed by atoms with E-state index in [2.05, 4.69) is 49.2 Å². The Morgan fingerprint density at radius 2 is 0.725 bits per heavy atom. The van der Waals surface area contributed by atoms with Crippen molar-refractivity contribution in [3.05, 3.63) is 127 Å². The number of benzene rings is 3. The predicted octanol–water partition coefficient (Wildman–Crippen LogP) is 6.46. The van der Waals surface area contributed by atoms with Crippen molar-refractivity contribution in [1.82, 2.24) is 30.6 Å². The molecule has 0 amide bonds. The third-order valence-electron chi connectivity index (χ3n) is 5.01. The van der Waals surface area contributed by atoms with Gasteiger partial charge in [-0.1, -0.05) is 35.3 Å². The first-order chi connectivity index (χ1) is 18.8. The van der Waals surface area contributed by atoms with E-state index in [4.69, 9.17) is 0 Å². The smallest absolute Gasteiger partial charge is 0.351 e. The number of halogens is 6. The number of hydrogen-bond donors (Lipinski definition) is 3. The van der Waals surface area contributed by atoms with E-state index in [0.717, 1.165) is 18.2 Å². The van der Waals surface area contributed by atoms with E-state index in [1.54, 1.807) is 0 Å². The Bertz CT molecular complexity index is 1430. The first-order valence-electron chi connectivity index (χ1n) is 10.9. The quantitative estimate of drug-likeness (QED) is 0.145. The summed E-state index contributed by atoms with van der Waals surface area (Å²) < 4.78 is 76.9. The second kappa shape index (κ2) is 14.1. The molecular formula is C27H15F6IrN6. The minimum Gasteiger partial charge on any atom is -0.351 e. The van der Waals surface area contributed by atoms with Crippen LogP contribution in [-0.4, -0.2) is 30.6 Å². The molecule has 0 fully saturated rings. The molecule has 0 radical (unpaired) electrons. The summed E-state index contributed by atoms with van der Waals surface area (Å²) in [5.41, 5.74) is 2.31. The van der Waals surface area contributed by atoms with Crippen LogP contribution in [0, 0.1) is 53.5 Å². The molecule has 204 valence electrons. The van der Waals surface area contributed by atoms with Gasteiger partial charge in [-0.3, -0.25) is 15.3 Å². The standard InChI is InChI=1S/3C9H5F2N2.Ir/c3*10-7-1-2-8(9(11)3-7)6-4-12-13-5-6;/h3*1-4H,(H,12,13);/q3*-1;+3. The van der Waals surface area contributed by atoms with Crippen molar-refractivity contribution in [2.24, 2.45) is 0 Å². The molecule has 0 saturated carbocycles. The normalized spacial score (nSPS) is 10.1. The maximum absolute atomic E-state index is 13.1. The second-order valence-electron chi connectivity index (χ2n) is 7.60. The van der Waals surface area contributed by atoms with Crippen molar-refractivity contribution in [2.75, 3.05) is 0 Å². The fraction of sp³-hybridized carbons (Fsp3) is 0. The van der Waals surface area contributed by atoms with Gasteiger partial charge in [0.15, 0.2) is 0 Å². The van der Waals surface area contributed by atoms with Gasteiger partial charge in [-0.25, -0.2) is 26.3 Å². The van der Waals surface area contributed by atoms with Crippen molar-refractivity contribution in [3.63, 3.8) is 0 Å². The van der Waals surface area contributed by atoms with Gasteiger partial charge in [0.05, 0.1) is 17.5 Å². The third kappa shape index (κ3) is 7.78. The maximum Gasteiger partial charge on any atom is 3.00 e. The van der Waals surface area contributed by atoms with Crippen LogP contribution in [0.2, 0.25) is 0 Å². The number of nitrogens with one attached hydrogen (secondary N) is 3. The average molecular weight is 730 g/mol. The number of H-pyrrole nitrogens is 3. The summed E-state index contributed by atoms with van der Waals surface area (Å²) in [6.07, 6.45) is 12.1. The van der Waals surface area contributed by atoms with E-state index in [-0.39, 0.29) is 36.8 Å². The van der Waals surface area contributed by atoms with Gasteiger partial charge in [-0.2, -0.15) is 0 Å². The van der Waals surface area contributed by atoms with Gasteiger partial charge in [0.2, 0.25) is 0 Å². The Hall–Kier alpha value is -4.48. The van der Waals surface area contributed by atoms with Crippen LogP contribution in [0.5, 0.6) is 0 Å². The van der Waals surface area contributed by atoms with Crippen molar-refractivity contribution in [1.29, 1.82) is 0 Å². The predicted molar refractivity (Wildman–Crippen MR) is 128 cm³/mol. The number of aromatic nitrogens is 6. The maximum atomic E-state index is 13.1. The number of hydrogen-bond acceptors (Lipinski definition) is 3. The van der Waals surface area contributed by atoms with Crippen LogP contribution in [0.15, 0.2) is 73.2 Å². The van der Waals surface area contributed by atoms with Crippen LogP contribution in [0.25, 0.3) is 33.4 Å². The van der Waals surface area contributed by atoms with Crippen molar-refractivity contribution >= 4 is 0 Å². The Kier molecular flexibility index (Phi) is 10.6. The zero-order chi connectivity index (χ0) is 27.8. The molecule has 0 unspecified atom stereocenters. The van der Waals surface area contributed by atoms with Crippen molar-refractivity contribution in [3.8, 4) is 33.4 Å². The summed E-state index contributed by atoms with van der Waals surface area (Å²) in [5.74, 6) is -3.62. The fourth-order valence-electron chi connectivity index (χ4n) is 3.20. The van der Waals surface area contributed by atoms with Gasteiger partial charge in [0, 0.05) is 0 Å². The summed E-state index contributed by atoms with van der Waals surface area (Å²) in [6.45, 7) is 0. The van der Waals surface area contributed by atoms with Crippen LogP contribution in [0.3, 0.4) is 0 Å². The second-order valence-corrected chi connectivity index (χ2v) is 7.60. The molecule has 6 aromatic rings. The molecule has 6 nitrogen and oxygen atoms in total. The third-order valence-corrected chi connectivity index (χ3v) is 5.01. The van der Waals surface area contributed by atoms with Crippen LogP contribution < -0.4 is 0 Å². The van der Waals surface area contributed by atoms with E-state index >= 15 is 0 Å². The SMILES string of the molecule is Fc1ccc(-c2[c-]n[nH]c2)c(F)c1.Fc1ccc(-c2[c-]n[nH]c2)c(F)c1.Fc1ccc(-c2[c-]n[nH]c2)c(F)c1.[Ir+3]. The average Bonchev–Trinajstić information content (AvgIpc) is 3.69. The summed E-state index contributed by atoms with van der Waals surface area (Å²) in [5, 5.41) is 18.2. The molecule has 3 N–H and O–H groups in total. The summed E-state index contributed by atoms with van der Waals surface area (Å²) in [4.78, 5) is 0. The summed E-state index contributed by atoms with van der Waals surface area (Å²) in [7, 11) is 0. The Morgan fingerprint density at radius 3 is 0.925 bits per heavy atom. The van der Waals surface area contributed by atoms with E-state index in [9.17, 15) is 26.3 Å². The number of rotatable bonds is 3. The molecule has 3 heterocycles. The molecule has 3 aromatic carbocycles. The monoisotopic (exact) mass is 730 g/mol. The first-order valence-corrected chi connectivity index (χ1v) is 10.9. The molecule has 0 bridgehead atoms. The molecule has 0 saturated heterocycles. The van der Waals surface area contributed by atoms with Crippen LogP contribution >= 0.6 is 0 Å². The number of nitrogens with zero attached hydrogens (tertiary/aromatic N) is 3. The Labute approximate surface area is 236 Å². The minimum absolute atomic E-state index is 0. The first kappa shape index (κ1) is 30.1. The van der Waals surface area contributed by atoms with Gasteiger partial charge >= 0.3 is 20.1 Å². The Morgan fingerprint density at radius 1 is 0.450 bits per heavy atom. The van der Waals surface area contributed by atoms with E-state index < -0.39 is 34.9 Å². The molecule has 0 spiro atoms. The zero-order valence-corrected chi connectivity index (χ0v) is 22.3. The molecular weight excluding hydrogens is 715 g/mol. The molecule has 0 atom stereocenters. The molecule has 13 heteroatoms. The molecule has 40 heavy (non-hydrogen) atoms. The van der Waals surface area contributed by atoms with Crippen molar-refractivity contribution in [2.45, 2.75) is 0 Å². The van der Waals surface area contributed by atoms with Crippen LogP contribution in [-0.2, 0) is 20.1 Å². The van der Waals surface area contributed by atoms with Gasteiger partial charge in [0.1, 0.15) is 17.5 Å².